The Bertz CT molecular complexity index is 905. The molecule has 0 saturated heterocycles. The topological polar surface area (TPSA) is 130 Å². The maximum atomic E-state index is 12.6. The molecule has 0 amide bonds. The summed E-state index contributed by atoms with van der Waals surface area (Å²) in [4.78, 5) is 49.5. The van der Waals surface area contributed by atoms with E-state index in [0.29, 0.717) is 6.42 Å². The summed E-state index contributed by atoms with van der Waals surface area (Å²) in [6, 6.07) is -0.619. The van der Waals surface area contributed by atoms with Crippen LogP contribution < -0.4 is 0 Å². The lowest BCUT2D eigenvalue weighted by atomic mass is 10.0. The van der Waals surface area contributed by atoms with Crippen molar-refractivity contribution in [1.29, 1.82) is 0 Å². The number of carbonyl (C=O) groups is 4. The minimum absolute atomic E-state index is 0.0651. The highest BCUT2D eigenvalue weighted by molar-refractivity contribution is 5.70. The molecular formula is C45H83NO8. The fraction of sp³-hybridized carbons (Fsp3) is 0.867. The minimum Gasteiger partial charge on any atom is -0.481 e. The van der Waals surface area contributed by atoms with E-state index >= 15 is 0 Å². The lowest BCUT2D eigenvalue weighted by Crippen LogP contribution is -2.45. The van der Waals surface area contributed by atoms with E-state index in [1.165, 1.54) is 122 Å². The molecule has 0 radical (unpaired) electrons. The van der Waals surface area contributed by atoms with Crippen LogP contribution in [0.3, 0.4) is 0 Å². The summed E-state index contributed by atoms with van der Waals surface area (Å²) < 4.78 is 11.1. The van der Waals surface area contributed by atoms with Crippen LogP contribution >= 0.6 is 0 Å². The Morgan fingerprint density at radius 1 is 0.444 bits per heavy atom. The zero-order chi connectivity index (χ0) is 39.7. The number of allylic oxidation sites excluding steroid dienone is 2. The lowest BCUT2D eigenvalue weighted by molar-refractivity contribution is -0.152. The Morgan fingerprint density at radius 3 is 1.06 bits per heavy atom. The van der Waals surface area contributed by atoms with Gasteiger partial charge in [-0.2, -0.15) is 0 Å². The Balaban J connectivity index is 4.39. The summed E-state index contributed by atoms with van der Waals surface area (Å²) in [7, 11) is 0. The largest absolute Gasteiger partial charge is 0.481 e. The van der Waals surface area contributed by atoms with Gasteiger partial charge < -0.3 is 19.7 Å². The highest BCUT2D eigenvalue weighted by Crippen LogP contribution is 2.15. The molecule has 2 N–H and O–H groups in total. The number of rotatable bonds is 42. The molecule has 1 unspecified atom stereocenters. The van der Waals surface area contributed by atoms with Crippen molar-refractivity contribution in [3.05, 3.63) is 12.2 Å². The second-order valence-electron chi connectivity index (χ2n) is 15.4. The molecular weight excluding hydrogens is 682 g/mol. The number of carboxylic acid groups (broad SMARTS) is 2. The van der Waals surface area contributed by atoms with Crippen molar-refractivity contribution in [1.82, 2.24) is 4.90 Å². The zero-order valence-corrected chi connectivity index (χ0v) is 35.0. The maximum Gasteiger partial charge on any atom is 0.305 e. The molecule has 316 valence electrons. The molecule has 0 heterocycles. The number of esters is 2. The zero-order valence-electron chi connectivity index (χ0n) is 35.0. The van der Waals surface area contributed by atoms with E-state index in [0.717, 1.165) is 57.8 Å². The van der Waals surface area contributed by atoms with Crippen LogP contribution in [0.4, 0.5) is 0 Å². The van der Waals surface area contributed by atoms with Gasteiger partial charge in [0.2, 0.25) is 0 Å². The van der Waals surface area contributed by atoms with Crippen LogP contribution in [0.5, 0.6) is 0 Å². The second kappa shape index (κ2) is 40.2. The summed E-state index contributed by atoms with van der Waals surface area (Å²) in [5.41, 5.74) is 0. The Labute approximate surface area is 330 Å². The van der Waals surface area contributed by atoms with E-state index in [9.17, 15) is 29.4 Å². The van der Waals surface area contributed by atoms with Gasteiger partial charge in [0, 0.05) is 25.9 Å². The monoisotopic (exact) mass is 766 g/mol. The highest BCUT2D eigenvalue weighted by atomic mass is 16.5. The van der Waals surface area contributed by atoms with Crippen LogP contribution in [0.15, 0.2) is 12.2 Å². The fourth-order valence-electron chi connectivity index (χ4n) is 6.72. The highest BCUT2D eigenvalue weighted by Gasteiger charge is 2.24. The van der Waals surface area contributed by atoms with Gasteiger partial charge in [0.05, 0.1) is 18.9 Å². The van der Waals surface area contributed by atoms with Gasteiger partial charge in [0.25, 0.3) is 0 Å². The average molecular weight is 766 g/mol. The fourth-order valence-corrected chi connectivity index (χ4v) is 6.72. The van der Waals surface area contributed by atoms with Crippen LogP contribution in [0.25, 0.3) is 0 Å². The second-order valence-corrected chi connectivity index (χ2v) is 15.4. The number of unbranched alkanes of at least 4 members (excludes halogenated alkanes) is 25. The first-order valence-corrected chi connectivity index (χ1v) is 22.4. The predicted molar refractivity (Wildman–Crippen MR) is 221 cm³/mol. The number of carboxylic acids is 2. The first kappa shape index (κ1) is 51.6. The number of nitrogens with zero attached hydrogens (tertiary/aromatic N) is 1. The van der Waals surface area contributed by atoms with Gasteiger partial charge in [0.15, 0.2) is 0 Å². The van der Waals surface area contributed by atoms with Gasteiger partial charge in [0.1, 0.15) is 13.2 Å². The van der Waals surface area contributed by atoms with Crippen LogP contribution in [0, 0.1) is 0 Å². The summed E-state index contributed by atoms with van der Waals surface area (Å²) >= 11 is 0. The first-order valence-electron chi connectivity index (χ1n) is 22.4. The normalized spacial score (nSPS) is 12.1. The van der Waals surface area contributed by atoms with Gasteiger partial charge in [-0.05, 0) is 38.5 Å². The smallest absolute Gasteiger partial charge is 0.305 e. The summed E-state index contributed by atoms with van der Waals surface area (Å²) in [6.07, 6.45) is 38.7. The first-order chi connectivity index (χ1) is 26.3. The van der Waals surface area contributed by atoms with Gasteiger partial charge in [-0.1, -0.05) is 167 Å². The van der Waals surface area contributed by atoms with Crippen LogP contribution in [0.2, 0.25) is 0 Å². The average Bonchev–Trinajstić information content (AvgIpc) is 3.15. The van der Waals surface area contributed by atoms with Crippen molar-refractivity contribution in [2.45, 2.75) is 225 Å². The number of hydrogen-bond acceptors (Lipinski definition) is 7. The Kier molecular flexibility index (Phi) is 38.4. The third-order valence-corrected chi connectivity index (χ3v) is 10.2. The molecule has 0 aliphatic rings. The summed E-state index contributed by atoms with van der Waals surface area (Å²) in [5.74, 6) is -2.72. The lowest BCUT2D eigenvalue weighted by Gasteiger charge is -2.30. The minimum atomic E-state index is -1.01. The van der Waals surface area contributed by atoms with E-state index in [1.807, 2.05) is 0 Å². The molecule has 0 aromatic heterocycles. The molecule has 0 saturated carbocycles. The molecule has 9 heteroatoms. The van der Waals surface area contributed by atoms with E-state index in [1.54, 1.807) is 4.90 Å². The van der Waals surface area contributed by atoms with Crippen molar-refractivity contribution in [2.24, 2.45) is 0 Å². The standard InChI is InChI=1S/C45H83NO8/c1-3-5-7-9-11-13-15-17-19-21-23-25-27-29-31-33-44(51)53-39-41(46(37-35-42(47)48)38-36-43(49)50)40-54-45(52)34-32-30-28-26-24-22-20-18-16-14-12-10-8-6-4-2/h17,19,41H,3-16,18,20-40H2,1-2H3,(H,47,48)(H,49,50)/b19-17-. The number of aliphatic carboxylic acids is 2. The quantitative estimate of drug-likeness (QED) is 0.0354. The molecule has 9 nitrogen and oxygen atoms in total. The maximum absolute atomic E-state index is 12.6. The number of hydrogen-bond donors (Lipinski definition) is 2. The predicted octanol–water partition coefficient (Wildman–Crippen LogP) is 12.0. The van der Waals surface area contributed by atoms with Crippen molar-refractivity contribution >= 4 is 23.9 Å². The number of carbonyl (C=O) groups excluding carboxylic acids is 2. The number of ether oxygens (including phenoxy) is 2. The molecule has 0 rings (SSSR count). The van der Waals surface area contributed by atoms with E-state index in [-0.39, 0.29) is 57.5 Å². The third kappa shape index (κ3) is 37.9. The molecule has 0 aromatic rings. The molecule has 0 spiro atoms. The summed E-state index contributed by atoms with van der Waals surface area (Å²) in [6.45, 7) is 4.46. The molecule has 0 aromatic carbocycles. The van der Waals surface area contributed by atoms with Crippen LogP contribution in [0.1, 0.15) is 219 Å². The van der Waals surface area contributed by atoms with Crippen LogP contribution in [-0.4, -0.2) is 71.3 Å². The van der Waals surface area contributed by atoms with Gasteiger partial charge in [-0.15, -0.1) is 0 Å². The third-order valence-electron chi connectivity index (χ3n) is 10.2. The Morgan fingerprint density at radius 2 is 0.741 bits per heavy atom. The van der Waals surface area contributed by atoms with Gasteiger partial charge in [-0.3, -0.25) is 24.1 Å². The molecule has 0 fully saturated rings. The summed E-state index contributed by atoms with van der Waals surface area (Å²) in [5, 5.41) is 18.5. The van der Waals surface area contributed by atoms with E-state index < -0.39 is 18.0 Å². The van der Waals surface area contributed by atoms with Crippen molar-refractivity contribution < 1.29 is 38.9 Å². The van der Waals surface area contributed by atoms with E-state index in [4.69, 9.17) is 9.47 Å². The van der Waals surface area contributed by atoms with Gasteiger partial charge in [-0.25, -0.2) is 0 Å². The van der Waals surface area contributed by atoms with Gasteiger partial charge >= 0.3 is 23.9 Å². The van der Waals surface area contributed by atoms with Crippen molar-refractivity contribution in [3.63, 3.8) is 0 Å². The van der Waals surface area contributed by atoms with Crippen molar-refractivity contribution in [2.75, 3.05) is 26.3 Å². The van der Waals surface area contributed by atoms with E-state index in [2.05, 4.69) is 26.0 Å². The molecule has 0 aliphatic carbocycles. The Hall–Kier alpha value is -2.42. The van der Waals surface area contributed by atoms with Crippen LogP contribution in [-0.2, 0) is 28.7 Å². The SMILES string of the molecule is CCCCCCCC/C=C\CCCCCCCC(=O)OCC(COC(=O)CCCCCCCCCCCCCCCCC)N(CCC(=O)O)CCC(=O)O. The molecule has 0 aliphatic heterocycles. The molecule has 54 heavy (non-hydrogen) atoms. The molecule has 1 atom stereocenters. The van der Waals surface area contributed by atoms with Crippen molar-refractivity contribution in [3.8, 4) is 0 Å². The molecule has 0 bridgehead atoms.